The Morgan fingerprint density at radius 3 is 2.23 bits per heavy atom. The lowest BCUT2D eigenvalue weighted by atomic mass is 10.0. The van der Waals surface area contributed by atoms with E-state index < -0.39 is 17.7 Å². The van der Waals surface area contributed by atoms with Crippen molar-refractivity contribution < 1.29 is 18.7 Å². The van der Waals surface area contributed by atoms with Gasteiger partial charge in [0.1, 0.15) is 17.5 Å². The van der Waals surface area contributed by atoms with Gasteiger partial charge in [0.2, 0.25) is 5.91 Å². The molecule has 2 amide bonds. The zero-order valence-electron chi connectivity index (χ0n) is 18.3. The Bertz CT molecular complexity index is 890. The number of piperazine rings is 1. The van der Waals surface area contributed by atoms with Crippen LogP contribution in [0.15, 0.2) is 54.6 Å². The predicted octanol–water partition coefficient (Wildman–Crippen LogP) is 3.61. The number of amides is 2. The number of anilines is 1. The van der Waals surface area contributed by atoms with Crippen molar-refractivity contribution in [2.45, 2.75) is 38.8 Å². The molecule has 166 valence electrons. The summed E-state index contributed by atoms with van der Waals surface area (Å²) in [5.41, 5.74) is 0.833. The highest BCUT2D eigenvalue weighted by molar-refractivity contribution is 5.86. The van der Waals surface area contributed by atoms with Crippen molar-refractivity contribution >= 4 is 17.7 Å². The number of hydrogen-bond donors (Lipinski definition) is 1. The second kappa shape index (κ2) is 9.81. The van der Waals surface area contributed by atoms with E-state index in [2.05, 4.69) is 5.32 Å². The number of para-hydroxylation sites is 1. The lowest BCUT2D eigenvalue weighted by Crippen LogP contribution is -2.56. The normalized spacial score (nSPS) is 15.4. The summed E-state index contributed by atoms with van der Waals surface area (Å²) < 4.78 is 19.5. The summed E-state index contributed by atoms with van der Waals surface area (Å²) in [6.45, 7) is 7.30. The first-order valence-electron chi connectivity index (χ1n) is 10.5. The molecular formula is C24H30FN3O3. The summed E-state index contributed by atoms with van der Waals surface area (Å²) in [6.07, 6.45) is -0.251. The van der Waals surface area contributed by atoms with Crippen molar-refractivity contribution in [2.75, 3.05) is 31.1 Å². The third kappa shape index (κ3) is 6.44. The van der Waals surface area contributed by atoms with E-state index in [-0.39, 0.29) is 11.7 Å². The van der Waals surface area contributed by atoms with Crippen LogP contribution >= 0.6 is 0 Å². The van der Waals surface area contributed by atoms with E-state index in [1.807, 2.05) is 35.2 Å². The van der Waals surface area contributed by atoms with Crippen LogP contribution in [0.5, 0.6) is 0 Å². The fourth-order valence-electron chi connectivity index (χ4n) is 3.60. The maximum absolute atomic E-state index is 14.1. The Morgan fingerprint density at radius 2 is 1.61 bits per heavy atom. The van der Waals surface area contributed by atoms with Crippen molar-refractivity contribution in [3.63, 3.8) is 0 Å². The molecule has 2 aromatic rings. The quantitative estimate of drug-likeness (QED) is 0.792. The number of halogens is 1. The molecule has 0 aliphatic carbocycles. The molecule has 7 heteroatoms. The number of carbonyl (C=O) groups is 2. The van der Waals surface area contributed by atoms with Crippen molar-refractivity contribution in [1.82, 2.24) is 10.2 Å². The van der Waals surface area contributed by atoms with Gasteiger partial charge in [-0.25, -0.2) is 9.18 Å². The lowest BCUT2D eigenvalue weighted by molar-refractivity contribution is -0.133. The number of nitrogens with zero attached hydrogens (tertiary/aromatic N) is 2. The second-order valence-corrected chi connectivity index (χ2v) is 8.65. The minimum absolute atomic E-state index is 0.164. The highest BCUT2D eigenvalue weighted by Crippen LogP contribution is 2.20. The first kappa shape index (κ1) is 22.6. The summed E-state index contributed by atoms with van der Waals surface area (Å²) in [4.78, 5) is 29.3. The molecule has 0 aromatic heterocycles. The average Bonchev–Trinajstić information content (AvgIpc) is 2.73. The molecule has 1 heterocycles. The minimum Gasteiger partial charge on any atom is -0.444 e. The van der Waals surface area contributed by atoms with Crippen molar-refractivity contribution in [3.05, 3.63) is 66.0 Å². The highest BCUT2D eigenvalue weighted by atomic mass is 19.1. The van der Waals surface area contributed by atoms with Gasteiger partial charge in [-0.2, -0.15) is 0 Å². The third-order valence-electron chi connectivity index (χ3n) is 5.06. The SMILES string of the molecule is CC(C)(C)OC(=O)NC(Cc1ccccc1)C(=O)N1CCN(c2ccccc2F)CC1. The molecule has 3 rings (SSSR count). The van der Waals surface area contributed by atoms with Crippen molar-refractivity contribution in [3.8, 4) is 0 Å². The van der Waals surface area contributed by atoms with Gasteiger partial charge >= 0.3 is 6.09 Å². The lowest BCUT2D eigenvalue weighted by Gasteiger charge is -2.37. The van der Waals surface area contributed by atoms with Gasteiger partial charge < -0.3 is 19.9 Å². The smallest absolute Gasteiger partial charge is 0.408 e. The first-order valence-corrected chi connectivity index (χ1v) is 10.5. The molecule has 0 radical (unpaired) electrons. The van der Waals surface area contributed by atoms with E-state index in [4.69, 9.17) is 4.74 Å². The fourth-order valence-corrected chi connectivity index (χ4v) is 3.60. The van der Waals surface area contributed by atoms with Gasteiger partial charge in [-0.1, -0.05) is 42.5 Å². The van der Waals surface area contributed by atoms with E-state index in [0.29, 0.717) is 38.3 Å². The van der Waals surface area contributed by atoms with Crippen LogP contribution in [0.3, 0.4) is 0 Å². The molecule has 1 atom stereocenters. The molecule has 1 aliphatic rings. The van der Waals surface area contributed by atoms with E-state index >= 15 is 0 Å². The van der Waals surface area contributed by atoms with Gasteiger partial charge in [0.05, 0.1) is 5.69 Å². The zero-order valence-corrected chi connectivity index (χ0v) is 18.3. The van der Waals surface area contributed by atoms with Crippen LogP contribution in [0.1, 0.15) is 26.3 Å². The van der Waals surface area contributed by atoms with E-state index in [1.165, 1.54) is 6.07 Å². The molecule has 1 N–H and O–H groups in total. The van der Waals surface area contributed by atoms with Gasteiger partial charge in [0, 0.05) is 32.6 Å². The highest BCUT2D eigenvalue weighted by Gasteiger charge is 2.30. The zero-order chi connectivity index (χ0) is 22.4. The predicted molar refractivity (Wildman–Crippen MR) is 118 cm³/mol. The fraction of sp³-hybridized carbons (Fsp3) is 0.417. The second-order valence-electron chi connectivity index (χ2n) is 8.65. The Morgan fingerprint density at radius 1 is 1.00 bits per heavy atom. The van der Waals surface area contributed by atoms with Crippen molar-refractivity contribution in [1.29, 1.82) is 0 Å². The maximum Gasteiger partial charge on any atom is 0.408 e. The number of benzene rings is 2. The summed E-state index contributed by atoms with van der Waals surface area (Å²) in [5, 5.41) is 2.75. The molecule has 1 unspecified atom stereocenters. The van der Waals surface area contributed by atoms with Crippen LogP contribution in [0, 0.1) is 5.82 Å². The maximum atomic E-state index is 14.1. The third-order valence-corrected chi connectivity index (χ3v) is 5.06. The van der Waals surface area contributed by atoms with Gasteiger partial charge in [-0.05, 0) is 38.5 Å². The van der Waals surface area contributed by atoms with E-state index in [0.717, 1.165) is 5.56 Å². The van der Waals surface area contributed by atoms with Gasteiger partial charge in [-0.3, -0.25) is 4.79 Å². The summed E-state index contributed by atoms with van der Waals surface area (Å²) in [6, 6.07) is 15.5. The molecular weight excluding hydrogens is 397 g/mol. The summed E-state index contributed by atoms with van der Waals surface area (Å²) >= 11 is 0. The van der Waals surface area contributed by atoms with Crippen LogP contribution in [0.2, 0.25) is 0 Å². The summed E-state index contributed by atoms with van der Waals surface area (Å²) in [7, 11) is 0. The monoisotopic (exact) mass is 427 g/mol. The van der Waals surface area contributed by atoms with Gasteiger partial charge in [0.25, 0.3) is 0 Å². The molecule has 2 aromatic carbocycles. The number of nitrogens with one attached hydrogen (secondary N) is 1. The van der Waals surface area contributed by atoms with Crippen LogP contribution in [0.4, 0.5) is 14.9 Å². The number of ether oxygens (including phenoxy) is 1. The Hall–Kier alpha value is -3.09. The average molecular weight is 428 g/mol. The van der Waals surface area contributed by atoms with E-state index in [1.54, 1.807) is 43.9 Å². The number of rotatable bonds is 5. The minimum atomic E-state index is -0.739. The number of carbonyl (C=O) groups excluding carboxylic acids is 2. The molecule has 1 aliphatic heterocycles. The summed E-state index contributed by atoms with van der Waals surface area (Å²) in [5.74, 6) is -0.432. The molecule has 0 saturated carbocycles. The van der Waals surface area contributed by atoms with Crippen LogP contribution < -0.4 is 10.2 Å². The number of hydrogen-bond acceptors (Lipinski definition) is 4. The first-order chi connectivity index (χ1) is 14.7. The Balaban J connectivity index is 1.67. The topological polar surface area (TPSA) is 61.9 Å². The molecule has 0 spiro atoms. The molecule has 1 saturated heterocycles. The molecule has 6 nitrogen and oxygen atoms in total. The Kier molecular flexibility index (Phi) is 7.15. The van der Waals surface area contributed by atoms with Crippen LogP contribution in [-0.2, 0) is 16.0 Å². The Labute approximate surface area is 183 Å². The van der Waals surface area contributed by atoms with Gasteiger partial charge in [-0.15, -0.1) is 0 Å². The largest absolute Gasteiger partial charge is 0.444 e. The van der Waals surface area contributed by atoms with Crippen LogP contribution in [-0.4, -0.2) is 54.7 Å². The standard InChI is InChI=1S/C24H30FN3O3/c1-24(2,3)31-23(30)26-20(17-18-9-5-4-6-10-18)22(29)28-15-13-27(14-16-28)21-12-8-7-11-19(21)25/h4-12,20H,13-17H2,1-3H3,(H,26,30). The van der Waals surface area contributed by atoms with Crippen molar-refractivity contribution in [2.24, 2.45) is 0 Å². The molecule has 31 heavy (non-hydrogen) atoms. The molecule has 0 bridgehead atoms. The van der Waals surface area contributed by atoms with Gasteiger partial charge in [0.15, 0.2) is 0 Å². The van der Waals surface area contributed by atoms with E-state index in [9.17, 15) is 14.0 Å². The number of alkyl carbamates (subject to hydrolysis) is 1. The van der Waals surface area contributed by atoms with Crippen LogP contribution in [0.25, 0.3) is 0 Å². The molecule has 1 fully saturated rings.